The second-order valence-electron chi connectivity index (χ2n) is 6.48. The van der Waals surface area contributed by atoms with Crippen molar-refractivity contribution in [3.05, 3.63) is 65.7 Å². The summed E-state index contributed by atoms with van der Waals surface area (Å²) in [5.41, 5.74) is 2.83. The largest absolute Gasteiger partial charge is 0.322 e. The molecule has 1 amide bonds. The number of likely N-dealkylation sites (tertiary alicyclic amines) is 1. The molecule has 1 saturated heterocycles. The maximum absolute atomic E-state index is 12.1. The number of rotatable bonds is 4. The number of hydrogen-bond donors (Lipinski definition) is 1. The fourth-order valence-corrected chi connectivity index (χ4v) is 2.96. The second-order valence-corrected chi connectivity index (χ2v) is 6.48. The van der Waals surface area contributed by atoms with Crippen molar-refractivity contribution in [2.45, 2.75) is 26.3 Å². The summed E-state index contributed by atoms with van der Waals surface area (Å²) in [5, 5.41) is 2.94. The van der Waals surface area contributed by atoms with Gasteiger partial charge in [-0.2, -0.15) is 0 Å². The molecule has 23 heavy (non-hydrogen) atoms. The highest BCUT2D eigenvalue weighted by Gasteiger charge is 2.15. The van der Waals surface area contributed by atoms with E-state index in [-0.39, 0.29) is 5.91 Å². The van der Waals surface area contributed by atoms with Gasteiger partial charge in [0.05, 0.1) is 0 Å². The number of piperidine rings is 1. The molecule has 0 aliphatic carbocycles. The number of anilines is 1. The first-order valence-electron chi connectivity index (χ1n) is 8.38. The maximum Gasteiger partial charge on any atom is 0.255 e. The van der Waals surface area contributed by atoms with Crippen molar-refractivity contribution in [1.82, 2.24) is 4.90 Å². The molecule has 3 nitrogen and oxygen atoms in total. The molecule has 1 aliphatic rings. The molecule has 1 N–H and O–H groups in total. The van der Waals surface area contributed by atoms with Crippen LogP contribution in [0.1, 0.15) is 35.7 Å². The van der Waals surface area contributed by atoms with E-state index in [4.69, 9.17) is 0 Å². The summed E-state index contributed by atoms with van der Waals surface area (Å²) in [6.07, 6.45) is 2.59. The predicted molar refractivity (Wildman–Crippen MR) is 94.5 cm³/mol. The van der Waals surface area contributed by atoms with Crippen LogP contribution in [0.5, 0.6) is 0 Å². The molecule has 1 aliphatic heterocycles. The van der Waals surface area contributed by atoms with Crippen LogP contribution in [0.4, 0.5) is 5.69 Å². The van der Waals surface area contributed by atoms with Gasteiger partial charge in [-0.3, -0.25) is 9.69 Å². The third kappa shape index (κ3) is 4.42. The minimum atomic E-state index is -0.0663. The van der Waals surface area contributed by atoms with Crippen LogP contribution in [-0.4, -0.2) is 23.9 Å². The van der Waals surface area contributed by atoms with Crippen molar-refractivity contribution in [2.24, 2.45) is 5.92 Å². The van der Waals surface area contributed by atoms with E-state index in [1.54, 1.807) is 0 Å². The monoisotopic (exact) mass is 308 g/mol. The lowest BCUT2D eigenvalue weighted by Crippen LogP contribution is -2.32. The van der Waals surface area contributed by atoms with Gasteiger partial charge in [-0.25, -0.2) is 0 Å². The van der Waals surface area contributed by atoms with Gasteiger partial charge in [-0.05, 0) is 61.7 Å². The first-order valence-corrected chi connectivity index (χ1v) is 8.38. The Labute approximate surface area is 138 Å². The molecule has 0 unspecified atom stereocenters. The highest BCUT2D eigenvalue weighted by molar-refractivity contribution is 6.04. The Bertz CT molecular complexity index is 628. The first-order chi connectivity index (χ1) is 11.2. The van der Waals surface area contributed by atoms with Gasteiger partial charge in [0.1, 0.15) is 0 Å². The summed E-state index contributed by atoms with van der Waals surface area (Å²) in [6.45, 7) is 5.71. The molecule has 2 aromatic carbocycles. The van der Waals surface area contributed by atoms with Crippen molar-refractivity contribution in [3.63, 3.8) is 0 Å². The minimum Gasteiger partial charge on any atom is -0.322 e. The van der Waals surface area contributed by atoms with Crippen molar-refractivity contribution in [2.75, 3.05) is 18.4 Å². The molecule has 0 atom stereocenters. The zero-order valence-electron chi connectivity index (χ0n) is 13.7. The van der Waals surface area contributed by atoms with Crippen LogP contribution in [0.3, 0.4) is 0 Å². The smallest absolute Gasteiger partial charge is 0.255 e. The van der Waals surface area contributed by atoms with Gasteiger partial charge in [0.15, 0.2) is 0 Å². The summed E-state index contributed by atoms with van der Waals surface area (Å²) in [5.74, 6) is 0.796. The number of nitrogens with zero attached hydrogens (tertiary/aromatic N) is 1. The molecule has 0 bridgehead atoms. The van der Waals surface area contributed by atoms with E-state index in [0.717, 1.165) is 18.2 Å². The topological polar surface area (TPSA) is 32.3 Å². The van der Waals surface area contributed by atoms with Gasteiger partial charge in [0, 0.05) is 17.8 Å². The average molecular weight is 308 g/mol. The van der Waals surface area contributed by atoms with Crippen LogP contribution >= 0.6 is 0 Å². The molecule has 1 fully saturated rings. The number of benzene rings is 2. The number of carbonyl (C=O) groups is 1. The van der Waals surface area contributed by atoms with E-state index < -0.39 is 0 Å². The Morgan fingerprint density at radius 1 is 1.04 bits per heavy atom. The van der Waals surface area contributed by atoms with Gasteiger partial charge in [0.25, 0.3) is 5.91 Å². The quantitative estimate of drug-likeness (QED) is 0.919. The van der Waals surface area contributed by atoms with E-state index in [9.17, 15) is 4.79 Å². The molecule has 120 valence electrons. The number of nitrogens with one attached hydrogen (secondary N) is 1. The fraction of sp³-hybridized carbons (Fsp3) is 0.350. The maximum atomic E-state index is 12.1. The SMILES string of the molecule is CC1CCN(Cc2ccc(NC(=O)c3ccccc3)cc2)CC1. The van der Waals surface area contributed by atoms with E-state index in [1.165, 1.54) is 31.5 Å². The van der Waals surface area contributed by atoms with Crippen LogP contribution in [-0.2, 0) is 6.54 Å². The van der Waals surface area contributed by atoms with E-state index in [2.05, 4.69) is 29.3 Å². The number of hydrogen-bond acceptors (Lipinski definition) is 2. The van der Waals surface area contributed by atoms with E-state index in [1.807, 2.05) is 42.5 Å². The van der Waals surface area contributed by atoms with Gasteiger partial charge in [-0.15, -0.1) is 0 Å². The first kappa shape index (κ1) is 15.8. The molecule has 0 radical (unpaired) electrons. The van der Waals surface area contributed by atoms with Crippen molar-refractivity contribution in [3.8, 4) is 0 Å². The molecule has 0 spiro atoms. The molecule has 2 aromatic rings. The molecule has 1 heterocycles. The Morgan fingerprint density at radius 2 is 1.70 bits per heavy atom. The zero-order valence-corrected chi connectivity index (χ0v) is 13.7. The molecule has 3 rings (SSSR count). The highest BCUT2D eigenvalue weighted by Crippen LogP contribution is 2.19. The summed E-state index contributed by atoms with van der Waals surface area (Å²) >= 11 is 0. The Balaban J connectivity index is 1.56. The lowest BCUT2D eigenvalue weighted by Gasteiger charge is -2.30. The normalized spacial score (nSPS) is 16.2. The lowest BCUT2D eigenvalue weighted by atomic mass is 9.99. The van der Waals surface area contributed by atoms with Crippen molar-refractivity contribution in [1.29, 1.82) is 0 Å². The van der Waals surface area contributed by atoms with Crippen LogP contribution in [0.15, 0.2) is 54.6 Å². The third-order valence-corrected chi connectivity index (χ3v) is 4.53. The Morgan fingerprint density at radius 3 is 2.35 bits per heavy atom. The molecule has 3 heteroatoms. The zero-order chi connectivity index (χ0) is 16.1. The fourth-order valence-electron chi connectivity index (χ4n) is 2.96. The summed E-state index contributed by atoms with van der Waals surface area (Å²) < 4.78 is 0. The van der Waals surface area contributed by atoms with Crippen molar-refractivity contribution >= 4 is 11.6 Å². The second kappa shape index (κ2) is 7.42. The van der Waals surface area contributed by atoms with Crippen molar-refractivity contribution < 1.29 is 4.79 Å². The molecular weight excluding hydrogens is 284 g/mol. The van der Waals surface area contributed by atoms with Crippen LogP contribution < -0.4 is 5.32 Å². The highest BCUT2D eigenvalue weighted by atomic mass is 16.1. The average Bonchev–Trinajstić information content (AvgIpc) is 2.59. The lowest BCUT2D eigenvalue weighted by molar-refractivity contribution is 0.102. The molecule has 0 aromatic heterocycles. The third-order valence-electron chi connectivity index (χ3n) is 4.53. The summed E-state index contributed by atoms with van der Waals surface area (Å²) in [7, 11) is 0. The van der Waals surface area contributed by atoms with Gasteiger partial charge < -0.3 is 5.32 Å². The van der Waals surface area contributed by atoms with Gasteiger partial charge in [0.2, 0.25) is 0 Å². The van der Waals surface area contributed by atoms with Gasteiger partial charge >= 0.3 is 0 Å². The predicted octanol–water partition coefficient (Wildman–Crippen LogP) is 4.17. The standard InChI is InChI=1S/C20H24N2O/c1-16-11-13-22(14-12-16)15-17-7-9-19(10-8-17)21-20(23)18-5-3-2-4-6-18/h2-10,16H,11-15H2,1H3,(H,21,23). The molecule has 0 saturated carbocycles. The van der Waals surface area contributed by atoms with E-state index in [0.29, 0.717) is 5.56 Å². The Kier molecular flexibility index (Phi) is 5.09. The van der Waals surface area contributed by atoms with Crippen LogP contribution in [0.2, 0.25) is 0 Å². The van der Waals surface area contributed by atoms with Crippen LogP contribution in [0.25, 0.3) is 0 Å². The Hall–Kier alpha value is -2.13. The molecular formula is C20H24N2O. The van der Waals surface area contributed by atoms with E-state index >= 15 is 0 Å². The van der Waals surface area contributed by atoms with Crippen LogP contribution in [0, 0.1) is 5.92 Å². The number of carbonyl (C=O) groups excluding carboxylic acids is 1. The summed E-state index contributed by atoms with van der Waals surface area (Å²) in [6, 6.07) is 17.5. The summed E-state index contributed by atoms with van der Waals surface area (Å²) in [4.78, 5) is 14.6. The van der Waals surface area contributed by atoms with Gasteiger partial charge in [-0.1, -0.05) is 37.3 Å². The number of amides is 1. The minimum absolute atomic E-state index is 0.0663.